The minimum Gasteiger partial charge on any atom is -0.464 e. The van der Waals surface area contributed by atoms with Gasteiger partial charge in [0.2, 0.25) is 10.4 Å². The van der Waals surface area contributed by atoms with Crippen LogP contribution in [0.15, 0.2) is 21.1 Å². The zero-order valence-electron chi connectivity index (χ0n) is 9.18. The number of aromatic nitrogens is 4. The van der Waals surface area contributed by atoms with Crippen LogP contribution in [0.25, 0.3) is 0 Å². The van der Waals surface area contributed by atoms with Crippen molar-refractivity contribution in [2.75, 3.05) is 6.61 Å². The van der Waals surface area contributed by atoms with E-state index in [2.05, 4.69) is 19.9 Å². The van der Waals surface area contributed by atoms with Gasteiger partial charge in [0, 0.05) is 11.8 Å². The zero-order valence-corrected chi connectivity index (χ0v) is 10.7. The first kappa shape index (κ1) is 12.1. The predicted molar refractivity (Wildman–Crippen MR) is 61.4 cm³/mol. The number of oxazole rings is 1. The molecule has 0 unspecified atom stereocenters. The first-order chi connectivity index (χ1) is 8.17. The van der Waals surface area contributed by atoms with E-state index in [-0.39, 0.29) is 11.3 Å². The molecule has 2 aromatic rings. The smallest absolute Gasteiger partial charge is 0.321 e. The summed E-state index contributed by atoms with van der Waals surface area (Å²) < 4.78 is 10.3. The molecule has 0 aliphatic rings. The first-order valence-corrected chi connectivity index (χ1v) is 6.01. The molecule has 2 aromatic heterocycles. The van der Waals surface area contributed by atoms with E-state index in [0.717, 1.165) is 17.5 Å². The van der Waals surface area contributed by atoms with Gasteiger partial charge in [-0.15, -0.1) is 0 Å². The summed E-state index contributed by atoms with van der Waals surface area (Å²) in [4.78, 5) is 16.0. The third kappa shape index (κ3) is 3.31. The molecular formula is C9H9ClN4O2S. The van der Waals surface area contributed by atoms with Crippen molar-refractivity contribution in [1.82, 2.24) is 19.9 Å². The fourth-order valence-corrected chi connectivity index (χ4v) is 1.91. The highest BCUT2D eigenvalue weighted by molar-refractivity contribution is 7.98. The van der Waals surface area contributed by atoms with Crippen LogP contribution < -0.4 is 4.74 Å². The Hall–Kier alpha value is -1.34. The second kappa shape index (κ2) is 5.33. The van der Waals surface area contributed by atoms with Crippen molar-refractivity contribution in [3.05, 3.63) is 17.2 Å². The van der Waals surface area contributed by atoms with E-state index in [9.17, 15) is 0 Å². The molecule has 8 heteroatoms. The highest BCUT2D eigenvalue weighted by Crippen LogP contribution is 2.25. The van der Waals surface area contributed by atoms with Gasteiger partial charge in [-0.3, -0.25) is 0 Å². The Morgan fingerprint density at radius 1 is 1.35 bits per heavy atom. The molecule has 0 N–H and O–H groups in total. The minimum absolute atomic E-state index is 0.0780. The molecule has 0 saturated heterocycles. The standard InChI is InChI=1S/C9H9ClN4O2S/c1-3-15-7-12-6(10)13-8(14-7)17-9-11-5(2)4-16-9/h4H,3H2,1-2H3. The number of hydrogen-bond donors (Lipinski definition) is 0. The minimum atomic E-state index is 0.0780. The lowest BCUT2D eigenvalue weighted by atomic mass is 10.6. The van der Waals surface area contributed by atoms with Crippen LogP contribution >= 0.6 is 23.4 Å². The molecule has 0 aliphatic heterocycles. The van der Waals surface area contributed by atoms with Gasteiger partial charge in [0.25, 0.3) is 5.22 Å². The van der Waals surface area contributed by atoms with E-state index in [4.69, 9.17) is 20.8 Å². The van der Waals surface area contributed by atoms with Crippen LogP contribution in [0.3, 0.4) is 0 Å². The fraction of sp³-hybridized carbons (Fsp3) is 0.333. The monoisotopic (exact) mass is 272 g/mol. The van der Waals surface area contributed by atoms with Crippen LogP contribution in [-0.2, 0) is 0 Å². The number of aryl methyl sites for hydroxylation is 1. The number of hydrogen-bond acceptors (Lipinski definition) is 7. The van der Waals surface area contributed by atoms with Gasteiger partial charge in [-0.25, -0.2) is 4.98 Å². The molecule has 0 aliphatic carbocycles. The molecule has 2 heterocycles. The van der Waals surface area contributed by atoms with Gasteiger partial charge in [-0.2, -0.15) is 15.0 Å². The van der Waals surface area contributed by atoms with E-state index in [0.29, 0.717) is 17.0 Å². The molecule has 0 spiro atoms. The summed E-state index contributed by atoms with van der Waals surface area (Å²) in [6.07, 6.45) is 1.55. The van der Waals surface area contributed by atoms with Gasteiger partial charge < -0.3 is 9.15 Å². The molecule has 0 fully saturated rings. The highest BCUT2D eigenvalue weighted by atomic mass is 35.5. The van der Waals surface area contributed by atoms with Crippen molar-refractivity contribution < 1.29 is 9.15 Å². The topological polar surface area (TPSA) is 73.9 Å². The number of halogens is 1. The van der Waals surface area contributed by atoms with Gasteiger partial charge in [0.05, 0.1) is 12.3 Å². The van der Waals surface area contributed by atoms with Gasteiger partial charge in [0.15, 0.2) is 0 Å². The Labute approximate surface area is 107 Å². The SMILES string of the molecule is CCOc1nc(Cl)nc(Sc2nc(C)co2)n1. The number of ether oxygens (including phenoxy) is 1. The van der Waals surface area contributed by atoms with E-state index in [1.165, 1.54) is 0 Å². The normalized spacial score (nSPS) is 10.5. The highest BCUT2D eigenvalue weighted by Gasteiger charge is 2.10. The summed E-state index contributed by atoms with van der Waals surface area (Å²) in [6, 6.07) is 0.193. The lowest BCUT2D eigenvalue weighted by molar-refractivity contribution is 0.307. The van der Waals surface area contributed by atoms with Crippen molar-refractivity contribution in [1.29, 1.82) is 0 Å². The third-order valence-electron chi connectivity index (χ3n) is 1.62. The van der Waals surface area contributed by atoms with Gasteiger partial charge in [0.1, 0.15) is 6.26 Å². The lowest BCUT2D eigenvalue weighted by Crippen LogP contribution is -2.00. The summed E-state index contributed by atoms with van der Waals surface area (Å²) in [5.41, 5.74) is 0.790. The molecule has 0 radical (unpaired) electrons. The van der Waals surface area contributed by atoms with E-state index < -0.39 is 0 Å². The van der Waals surface area contributed by atoms with E-state index in [1.807, 2.05) is 13.8 Å². The average Bonchev–Trinajstić information content (AvgIpc) is 2.63. The largest absolute Gasteiger partial charge is 0.464 e. The Balaban J connectivity index is 2.20. The molecule has 0 bridgehead atoms. The predicted octanol–water partition coefficient (Wildman–Crippen LogP) is 2.37. The van der Waals surface area contributed by atoms with Gasteiger partial charge in [-0.1, -0.05) is 0 Å². The van der Waals surface area contributed by atoms with E-state index >= 15 is 0 Å². The van der Waals surface area contributed by atoms with Crippen molar-refractivity contribution in [3.8, 4) is 6.01 Å². The maximum absolute atomic E-state index is 5.75. The molecule has 0 amide bonds. The quantitative estimate of drug-likeness (QED) is 0.846. The summed E-state index contributed by atoms with van der Waals surface area (Å²) in [7, 11) is 0. The van der Waals surface area contributed by atoms with Crippen LogP contribution in [-0.4, -0.2) is 26.5 Å². The third-order valence-corrected chi connectivity index (χ3v) is 2.51. The van der Waals surface area contributed by atoms with Crippen molar-refractivity contribution in [3.63, 3.8) is 0 Å². The average molecular weight is 273 g/mol. The maximum atomic E-state index is 5.75. The Bertz CT molecular complexity index is 519. The molecular weight excluding hydrogens is 264 g/mol. The summed E-state index contributed by atoms with van der Waals surface area (Å²) in [6.45, 7) is 4.13. The van der Waals surface area contributed by atoms with Gasteiger partial charge >= 0.3 is 6.01 Å². The Morgan fingerprint density at radius 3 is 2.82 bits per heavy atom. The van der Waals surface area contributed by atoms with E-state index in [1.54, 1.807) is 6.26 Å². The molecule has 17 heavy (non-hydrogen) atoms. The van der Waals surface area contributed by atoms with Crippen LogP contribution in [0.1, 0.15) is 12.6 Å². The van der Waals surface area contributed by atoms with Crippen LogP contribution in [0, 0.1) is 6.92 Å². The summed E-state index contributed by atoms with van der Waals surface area (Å²) in [5, 5.41) is 0.914. The second-order valence-electron chi connectivity index (χ2n) is 2.96. The molecule has 6 nitrogen and oxygen atoms in total. The fourth-order valence-electron chi connectivity index (χ4n) is 1.01. The Kier molecular flexibility index (Phi) is 3.80. The second-order valence-corrected chi connectivity index (χ2v) is 4.22. The molecule has 2 rings (SSSR count). The van der Waals surface area contributed by atoms with Crippen LogP contribution in [0.2, 0.25) is 5.28 Å². The summed E-state index contributed by atoms with van der Waals surface area (Å²) in [5.74, 6) is 0. The van der Waals surface area contributed by atoms with Gasteiger partial charge in [-0.05, 0) is 25.4 Å². The lowest BCUT2D eigenvalue weighted by Gasteiger charge is -2.01. The molecule has 0 saturated carbocycles. The van der Waals surface area contributed by atoms with Crippen molar-refractivity contribution in [2.24, 2.45) is 0 Å². The number of rotatable bonds is 4. The Morgan fingerprint density at radius 2 is 2.18 bits per heavy atom. The number of nitrogens with zero attached hydrogens (tertiary/aromatic N) is 4. The zero-order chi connectivity index (χ0) is 12.3. The maximum Gasteiger partial charge on any atom is 0.321 e. The molecule has 0 aromatic carbocycles. The van der Waals surface area contributed by atoms with Crippen molar-refractivity contribution >= 4 is 23.4 Å². The van der Waals surface area contributed by atoms with Crippen LogP contribution in [0.4, 0.5) is 0 Å². The summed E-state index contributed by atoms with van der Waals surface area (Å²) >= 11 is 6.91. The first-order valence-electron chi connectivity index (χ1n) is 4.81. The molecule has 0 atom stereocenters. The molecule has 90 valence electrons. The van der Waals surface area contributed by atoms with Crippen LogP contribution in [0.5, 0.6) is 6.01 Å². The van der Waals surface area contributed by atoms with Crippen molar-refractivity contribution in [2.45, 2.75) is 24.2 Å².